The molecule has 12 heteroatoms. The average molecular weight is 616 g/mol. The standard InChI is InChI=1S/C26H28ClF2NO2.CH5O3P.2CH2O/c1-18(2)32-24-11-7-5-9-20(24)17-30(23-10-6-8-12-25(23)31-4)16-19-13-14-21(22(27)15-19)26(3,28)29;1-5(2,3)4;2*1-2/h5-15,18H,16-17H2,1-4H3;1H3,(H2,2,3,4);2*1H2. The number of alkyl halides is 2. The highest BCUT2D eigenvalue weighted by molar-refractivity contribution is 7.50. The second-order valence-electron chi connectivity index (χ2n) is 8.84. The van der Waals surface area contributed by atoms with Crippen LogP contribution in [0.5, 0.6) is 11.5 Å². The maximum Gasteiger partial charge on any atom is 0.322 e. The molecule has 3 aromatic rings. The van der Waals surface area contributed by atoms with Crippen molar-refractivity contribution in [1.29, 1.82) is 0 Å². The first kappa shape index (κ1) is 37.7. The third-order valence-electron chi connectivity index (χ3n) is 5.00. The van der Waals surface area contributed by atoms with Crippen LogP contribution in [0, 0.1) is 0 Å². The van der Waals surface area contributed by atoms with Gasteiger partial charge in [0.1, 0.15) is 25.1 Å². The van der Waals surface area contributed by atoms with Gasteiger partial charge in [0, 0.05) is 37.8 Å². The predicted molar refractivity (Wildman–Crippen MR) is 158 cm³/mol. The van der Waals surface area contributed by atoms with Crippen molar-refractivity contribution in [3.05, 3.63) is 88.4 Å². The van der Waals surface area contributed by atoms with Crippen molar-refractivity contribution >= 4 is 38.5 Å². The van der Waals surface area contributed by atoms with E-state index in [1.54, 1.807) is 19.2 Å². The van der Waals surface area contributed by atoms with Crippen LogP contribution in [0.2, 0.25) is 5.02 Å². The first-order chi connectivity index (χ1) is 19.2. The number of rotatable bonds is 9. The normalized spacial score (nSPS) is 10.6. The van der Waals surface area contributed by atoms with Gasteiger partial charge in [-0.05, 0) is 43.7 Å². The maximum absolute atomic E-state index is 13.8. The van der Waals surface area contributed by atoms with Crippen LogP contribution >= 0.6 is 19.2 Å². The van der Waals surface area contributed by atoms with E-state index >= 15 is 0 Å². The largest absolute Gasteiger partial charge is 0.495 e. The predicted octanol–water partition coefficient (Wildman–Crippen LogP) is 6.88. The van der Waals surface area contributed by atoms with Gasteiger partial charge in [-0.1, -0.05) is 54.1 Å². The van der Waals surface area contributed by atoms with Crippen LogP contribution in [0.3, 0.4) is 0 Å². The van der Waals surface area contributed by atoms with Gasteiger partial charge >= 0.3 is 7.60 Å². The molecular weight excluding hydrogens is 579 g/mol. The Hall–Kier alpha value is -3.30. The molecule has 0 atom stereocenters. The highest BCUT2D eigenvalue weighted by Crippen LogP contribution is 2.36. The summed E-state index contributed by atoms with van der Waals surface area (Å²) in [7, 11) is -2.01. The number of carbonyl (C=O) groups is 2. The number of para-hydroxylation sites is 3. The summed E-state index contributed by atoms with van der Waals surface area (Å²) in [5.41, 5.74) is 2.53. The summed E-state index contributed by atoms with van der Waals surface area (Å²) in [5, 5.41) is 0.0542. The highest BCUT2D eigenvalue weighted by Gasteiger charge is 2.27. The van der Waals surface area contributed by atoms with Crippen molar-refractivity contribution in [2.75, 3.05) is 18.7 Å². The molecule has 0 fully saturated rings. The fraction of sp³-hybridized carbons (Fsp3) is 0.310. The molecule has 0 saturated heterocycles. The summed E-state index contributed by atoms with van der Waals surface area (Å²) in [6.45, 7) is 10.7. The van der Waals surface area contributed by atoms with Gasteiger partial charge in [0.05, 0.1) is 23.9 Å². The van der Waals surface area contributed by atoms with Crippen LogP contribution in [-0.4, -0.2) is 43.2 Å². The Morgan fingerprint density at radius 3 is 1.95 bits per heavy atom. The zero-order valence-corrected chi connectivity index (χ0v) is 25.4. The van der Waals surface area contributed by atoms with Gasteiger partial charge in [0.25, 0.3) is 5.92 Å². The molecule has 0 aliphatic carbocycles. The number of nitrogens with zero attached hydrogens (tertiary/aromatic N) is 1. The summed E-state index contributed by atoms with van der Waals surface area (Å²) in [5.74, 6) is -1.47. The highest BCUT2D eigenvalue weighted by atomic mass is 35.5. The molecule has 3 rings (SSSR count). The van der Waals surface area contributed by atoms with Gasteiger partial charge < -0.3 is 33.7 Å². The zero-order valence-electron chi connectivity index (χ0n) is 23.7. The van der Waals surface area contributed by atoms with E-state index in [-0.39, 0.29) is 16.7 Å². The van der Waals surface area contributed by atoms with Crippen LogP contribution < -0.4 is 14.4 Å². The molecule has 0 bridgehead atoms. The molecule has 3 aromatic carbocycles. The van der Waals surface area contributed by atoms with Crippen molar-refractivity contribution in [1.82, 2.24) is 0 Å². The smallest absolute Gasteiger partial charge is 0.322 e. The van der Waals surface area contributed by atoms with Crippen molar-refractivity contribution in [3.63, 3.8) is 0 Å². The quantitative estimate of drug-likeness (QED) is 0.251. The Morgan fingerprint density at radius 2 is 1.46 bits per heavy atom. The Bertz CT molecular complexity index is 1240. The van der Waals surface area contributed by atoms with E-state index in [0.29, 0.717) is 13.1 Å². The monoisotopic (exact) mass is 615 g/mol. The van der Waals surface area contributed by atoms with E-state index < -0.39 is 13.5 Å². The fourth-order valence-corrected chi connectivity index (χ4v) is 3.93. The molecule has 0 radical (unpaired) electrons. The minimum Gasteiger partial charge on any atom is -0.495 e. The van der Waals surface area contributed by atoms with Gasteiger partial charge in [-0.25, -0.2) is 8.78 Å². The lowest BCUT2D eigenvalue weighted by molar-refractivity contribution is -0.0987. The second kappa shape index (κ2) is 18.2. The van der Waals surface area contributed by atoms with E-state index in [2.05, 4.69) is 4.90 Å². The molecule has 41 heavy (non-hydrogen) atoms. The minimum absolute atomic E-state index is 0.0397. The van der Waals surface area contributed by atoms with Crippen LogP contribution in [0.1, 0.15) is 37.5 Å². The van der Waals surface area contributed by atoms with Crippen LogP contribution in [0.25, 0.3) is 0 Å². The molecule has 0 spiro atoms. The van der Waals surface area contributed by atoms with Gasteiger partial charge in [-0.2, -0.15) is 0 Å². The molecule has 0 aromatic heterocycles. The van der Waals surface area contributed by atoms with Gasteiger partial charge in [-0.15, -0.1) is 0 Å². The SMILES string of the molecule is C=O.C=O.COc1ccccc1N(Cc1ccc(C(C)(F)F)c(Cl)c1)Cc1ccccc1OC(C)C.CP(=O)(O)O. The summed E-state index contributed by atoms with van der Waals surface area (Å²) < 4.78 is 48.5. The zero-order chi connectivity index (χ0) is 31.8. The number of methoxy groups -OCH3 is 1. The molecule has 226 valence electrons. The maximum atomic E-state index is 13.8. The molecule has 0 unspecified atom stereocenters. The van der Waals surface area contributed by atoms with E-state index in [4.69, 9.17) is 40.5 Å². The molecule has 0 aliphatic heterocycles. The summed E-state index contributed by atoms with van der Waals surface area (Å²) in [6.07, 6.45) is 0.0397. The van der Waals surface area contributed by atoms with Crippen LogP contribution in [-0.2, 0) is 33.2 Å². The van der Waals surface area contributed by atoms with Crippen molar-refractivity contribution in [2.45, 2.75) is 45.9 Å². The number of hydrogen-bond donors (Lipinski definition) is 2. The lowest BCUT2D eigenvalue weighted by Gasteiger charge is -2.28. The molecule has 0 saturated carbocycles. The molecule has 0 aliphatic rings. The van der Waals surface area contributed by atoms with Gasteiger partial charge in [0.2, 0.25) is 0 Å². The number of carbonyl (C=O) groups excluding carboxylic acids is 2. The van der Waals surface area contributed by atoms with Crippen LogP contribution in [0.4, 0.5) is 14.5 Å². The van der Waals surface area contributed by atoms with Crippen molar-refractivity contribution in [3.8, 4) is 11.5 Å². The topological polar surface area (TPSA) is 113 Å². The first-order valence-corrected chi connectivity index (χ1v) is 14.5. The fourth-order valence-electron chi connectivity index (χ4n) is 3.56. The molecular formula is C29H37ClF2NO7P. The first-order valence-electron chi connectivity index (χ1n) is 12.1. The van der Waals surface area contributed by atoms with Crippen molar-refractivity contribution in [2.24, 2.45) is 0 Å². The lowest BCUT2D eigenvalue weighted by atomic mass is 10.1. The minimum atomic E-state index is -3.64. The number of benzene rings is 3. The number of ether oxygens (including phenoxy) is 2. The molecule has 2 N–H and O–H groups in total. The number of anilines is 1. The Morgan fingerprint density at radius 1 is 0.951 bits per heavy atom. The van der Waals surface area contributed by atoms with E-state index in [9.17, 15) is 13.3 Å². The van der Waals surface area contributed by atoms with Crippen molar-refractivity contribution < 1.29 is 42.2 Å². The van der Waals surface area contributed by atoms with E-state index in [0.717, 1.165) is 41.9 Å². The molecule has 8 nitrogen and oxygen atoms in total. The van der Waals surface area contributed by atoms with E-state index in [1.807, 2.05) is 76.0 Å². The third-order valence-corrected chi connectivity index (χ3v) is 5.31. The number of halogens is 3. The number of hydrogen-bond acceptors (Lipinski definition) is 6. The average Bonchev–Trinajstić information content (AvgIpc) is 2.90. The third kappa shape index (κ3) is 14.2. The Kier molecular flexibility index (Phi) is 16.7. The Labute approximate surface area is 245 Å². The Balaban J connectivity index is 0.00000158. The van der Waals surface area contributed by atoms with Gasteiger partial charge in [0.15, 0.2) is 0 Å². The van der Waals surface area contributed by atoms with Gasteiger partial charge in [-0.3, -0.25) is 4.57 Å². The molecule has 0 heterocycles. The lowest BCUT2D eigenvalue weighted by Crippen LogP contribution is -2.23. The summed E-state index contributed by atoms with van der Waals surface area (Å²) >= 11 is 6.20. The molecule has 0 amide bonds. The van der Waals surface area contributed by atoms with E-state index in [1.165, 1.54) is 6.07 Å². The summed E-state index contributed by atoms with van der Waals surface area (Å²) in [4.78, 5) is 33.4. The van der Waals surface area contributed by atoms with Crippen LogP contribution in [0.15, 0.2) is 66.7 Å². The summed E-state index contributed by atoms with van der Waals surface area (Å²) in [6, 6.07) is 20.3. The second-order valence-corrected chi connectivity index (χ2v) is 10.9.